The largest absolute Gasteiger partial charge is 0.497 e. The highest BCUT2D eigenvalue weighted by Gasteiger charge is 2.53. The minimum atomic E-state index is -0.614. The van der Waals surface area contributed by atoms with Gasteiger partial charge in [-0.25, -0.2) is 0 Å². The summed E-state index contributed by atoms with van der Waals surface area (Å²) in [5.41, 5.74) is 1.50. The first kappa shape index (κ1) is 28.0. The first-order valence-electron chi connectivity index (χ1n) is 13.7. The molecule has 0 saturated heterocycles. The molecule has 0 heterocycles. The van der Waals surface area contributed by atoms with Crippen molar-refractivity contribution in [2.24, 2.45) is 29.1 Å². The second-order valence-corrected chi connectivity index (χ2v) is 11.4. The van der Waals surface area contributed by atoms with Crippen LogP contribution in [0, 0.1) is 29.1 Å². The SMILES string of the molecule is COc1ccc(C(=O)NC2CCC3(C)CCC(C(C)C(=O)NCc4ccccc4OC)C(O)C3C2C)cc1. The Morgan fingerprint density at radius 1 is 1.05 bits per heavy atom. The Hall–Kier alpha value is -3.06. The molecule has 0 aromatic heterocycles. The van der Waals surface area contributed by atoms with Crippen LogP contribution in [0.3, 0.4) is 0 Å². The van der Waals surface area contributed by atoms with E-state index >= 15 is 0 Å². The molecule has 206 valence electrons. The summed E-state index contributed by atoms with van der Waals surface area (Å²) in [6, 6.07) is 14.7. The number of carbonyl (C=O) groups excluding carboxylic acids is 2. The molecule has 3 N–H and O–H groups in total. The van der Waals surface area contributed by atoms with Crippen LogP contribution in [-0.4, -0.2) is 43.3 Å². The Morgan fingerprint density at radius 3 is 2.42 bits per heavy atom. The van der Waals surface area contributed by atoms with E-state index in [1.807, 2.05) is 31.2 Å². The van der Waals surface area contributed by atoms with E-state index in [2.05, 4.69) is 24.5 Å². The Morgan fingerprint density at radius 2 is 1.74 bits per heavy atom. The number of benzene rings is 2. The zero-order valence-electron chi connectivity index (χ0n) is 23.2. The van der Waals surface area contributed by atoms with Crippen molar-refractivity contribution in [2.45, 2.75) is 65.1 Å². The predicted octanol–water partition coefficient (Wildman–Crippen LogP) is 4.58. The number of methoxy groups -OCH3 is 2. The van der Waals surface area contributed by atoms with Gasteiger partial charge in [-0.1, -0.05) is 39.0 Å². The fourth-order valence-corrected chi connectivity index (χ4v) is 6.88. The molecule has 2 aromatic carbocycles. The van der Waals surface area contributed by atoms with Gasteiger partial charge in [0.05, 0.1) is 20.3 Å². The lowest BCUT2D eigenvalue weighted by atomic mass is 9.51. The molecule has 7 heteroatoms. The smallest absolute Gasteiger partial charge is 0.251 e. The van der Waals surface area contributed by atoms with Gasteiger partial charge in [-0.05, 0) is 79.2 Å². The van der Waals surface area contributed by atoms with Crippen molar-refractivity contribution >= 4 is 11.8 Å². The van der Waals surface area contributed by atoms with Crippen molar-refractivity contribution in [2.75, 3.05) is 14.2 Å². The Bertz CT molecular complexity index is 1120. The van der Waals surface area contributed by atoms with Crippen LogP contribution in [0.4, 0.5) is 0 Å². The van der Waals surface area contributed by atoms with E-state index < -0.39 is 6.10 Å². The Kier molecular flexibility index (Phi) is 8.66. The fourth-order valence-electron chi connectivity index (χ4n) is 6.88. The quantitative estimate of drug-likeness (QED) is 0.472. The molecule has 2 amide bonds. The Labute approximate surface area is 226 Å². The molecule has 7 unspecified atom stereocenters. The molecule has 2 aliphatic carbocycles. The zero-order chi connectivity index (χ0) is 27.4. The second-order valence-electron chi connectivity index (χ2n) is 11.4. The number of aliphatic hydroxyl groups excluding tert-OH is 1. The number of aliphatic hydroxyl groups is 1. The summed E-state index contributed by atoms with van der Waals surface area (Å²) < 4.78 is 10.6. The lowest BCUT2D eigenvalue weighted by Gasteiger charge is -2.56. The summed E-state index contributed by atoms with van der Waals surface area (Å²) in [6.07, 6.45) is 2.98. The summed E-state index contributed by atoms with van der Waals surface area (Å²) in [6.45, 7) is 6.71. The van der Waals surface area contributed by atoms with E-state index in [0.29, 0.717) is 17.9 Å². The highest BCUT2D eigenvalue weighted by Crippen LogP contribution is 2.55. The van der Waals surface area contributed by atoms with Crippen molar-refractivity contribution in [3.8, 4) is 11.5 Å². The maximum absolute atomic E-state index is 13.2. The number of nitrogens with one attached hydrogen (secondary N) is 2. The highest BCUT2D eigenvalue weighted by atomic mass is 16.5. The molecule has 0 bridgehead atoms. The van der Waals surface area contributed by atoms with Crippen molar-refractivity contribution in [1.29, 1.82) is 0 Å². The molecule has 4 rings (SSSR count). The third-order valence-electron chi connectivity index (χ3n) is 9.26. The van der Waals surface area contributed by atoms with E-state index in [1.165, 1.54) is 0 Å². The molecular weight excluding hydrogens is 480 g/mol. The second kappa shape index (κ2) is 11.8. The van der Waals surface area contributed by atoms with Crippen molar-refractivity contribution in [1.82, 2.24) is 10.6 Å². The summed E-state index contributed by atoms with van der Waals surface area (Å²) in [5.74, 6) is 0.900. The van der Waals surface area contributed by atoms with Crippen LogP contribution >= 0.6 is 0 Å². The molecule has 38 heavy (non-hydrogen) atoms. The van der Waals surface area contributed by atoms with Gasteiger partial charge < -0.3 is 25.2 Å². The summed E-state index contributed by atoms with van der Waals surface area (Å²) in [7, 11) is 3.22. The maximum atomic E-state index is 13.2. The first-order valence-corrected chi connectivity index (χ1v) is 13.7. The monoisotopic (exact) mass is 522 g/mol. The number of hydrogen-bond donors (Lipinski definition) is 3. The van der Waals surface area contributed by atoms with E-state index in [-0.39, 0.29) is 46.9 Å². The van der Waals surface area contributed by atoms with Gasteiger partial charge >= 0.3 is 0 Å². The molecule has 2 fully saturated rings. The number of para-hydroxylation sites is 1. The molecule has 7 atom stereocenters. The minimum Gasteiger partial charge on any atom is -0.497 e. The van der Waals surface area contributed by atoms with Crippen LogP contribution in [0.15, 0.2) is 48.5 Å². The summed E-state index contributed by atoms with van der Waals surface area (Å²) in [4.78, 5) is 26.2. The van der Waals surface area contributed by atoms with E-state index in [0.717, 1.165) is 37.0 Å². The average Bonchev–Trinajstić information content (AvgIpc) is 2.93. The third kappa shape index (κ3) is 5.68. The maximum Gasteiger partial charge on any atom is 0.251 e. The Balaban J connectivity index is 1.42. The van der Waals surface area contributed by atoms with Crippen LogP contribution in [0.2, 0.25) is 0 Å². The molecule has 2 saturated carbocycles. The zero-order valence-corrected chi connectivity index (χ0v) is 23.2. The number of rotatable bonds is 8. The van der Waals surface area contributed by atoms with Crippen molar-refractivity contribution < 1.29 is 24.2 Å². The van der Waals surface area contributed by atoms with Crippen LogP contribution in [-0.2, 0) is 11.3 Å². The van der Waals surface area contributed by atoms with Crippen LogP contribution in [0.1, 0.15) is 62.4 Å². The van der Waals surface area contributed by atoms with Gasteiger partial charge in [0.25, 0.3) is 5.91 Å². The molecule has 2 aromatic rings. The van der Waals surface area contributed by atoms with Gasteiger partial charge in [-0.2, -0.15) is 0 Å². The number of hydrogen-bond acceptors (Lipinski definition) is 5. The van der Waals surface area contributed by atoms with Crippen LogP contribution < -0.4 is 20.1 Å². The van der Waals surface area contributed by atoms with Crippen molar-refractivity contribution in [3.63, 3.8) is 0 Å². The van der Waals surface area contributed by atoms with Gasteiger partial charge in [0.1, 0.15) is 11.5 Å². The third-order valence-corrected chi connectivity index (χ3v) is 9.26. The van der Waals surface area contributed by atoms with Crippen LogP contribution in [0.5, 0.6) is 11.5 Å². The molecular formula is C31H42N2O5. The van der Waals surface area contributed by atoms with Gasteiger partial charge in [-0.15, -0.1) is 0 Å². The number of carbonyl (C=O) groups is 2. The van der Waals surface area contributed by atoms with E-state index in [1.54, 1.807) is 38.5 Å². The first-order chi connectivity index (χ1) is 18.2. The molecule has 0 spiro atoms. The van der Waals surface area contributed by atoms with E-state index in [4.69, 9.17) is 9.47 Å². The topological polar surface area (TPSA) is 96.9 Å². The number of ether oxygens (including phenoxy) is 2. The molecule has 0 radical (unpaired) electrons. The van der Waals surface area contributed by atoms with Crippen LogP contribution in [0.25, 0.3) is 0 Å². The highest BCUT2D eigenvalue weighted by molar-refractivity contribution is 5.94. The number of fused-ring (bicyclic) bond motifs is 1. The fraction of sp³-hybridized carbons (Fsp3) is 0.548. The normalized spacial score (nSPS) is 29.5. The van der Waals surface area contributed by atoms with Gasteiger partial charge in [-0.3, -0.25) is 9.59 Å². The predicted molar refractivity (Wildman–Crippen MR) is 147 cm³/mol. The molecule has 0 aliphatic heterocycles. The van der Waals surface area contributed by atoms with Gasteiger partial charge in [0, 0.05) is 29.6 Å². The standard InChI is InChI=1S/C31H42N2O5/c1-19(29(35)32-18-22-8-6-7-9-26(22)38-5)24-14-16-31(3)17-15-25(20(2)27(31)28(24)34)33-30(36)21-10-12-23(37-4)13-11-21/h6-13,19-20,24-25,27-28,34H,14-18H2,1-5H3,(H,32,35)(H,33,36). The van der Waals surface area contributed by atoms with Crippen molar-refractivity contribution in [3.05, 3.63) is 59.7 Å². The van der Waals surface area contributed by atoms with Gasteiger partial charge in [0.15, 0.2) is 0 Å². The minimum absolute atomic E-state index is 0.000588. The number of amides is 2. The van der Waals surface area contributed by atoms with E-state index in [9.17, 15) is 14.7 Å². The average molecular weight is 523 g/mol. The molecule has 2 aliphatic rings. The lowest BCUT2D eigenvalue weighted by Crippen LogP contribution is -2.58. The summed E-state index contributed by atoms with van der Waals surface area (Å²) >= 11 is 0. The van der Waals surface area contributed by atoms with Gasteiger partial charge in [0.2, 0.25) is 5.91 Å². The summed E-state index contributed by atoms with van der Waals surface area (Å²) in [5, 5.41) is 18.0. The molecule has 7 nitrogen and oxygen atoms in total. The lowest BCUT2D eigenvalue weighted by molar-refractivity contribution is -0.142.